The third-order valence-corrected chi connectivity index (χ3v) is 6.75. The van der Waals surface area contributed by atoms with Crippen molar-refractivity contribution in [3.63, 3.8) is 0 Å². The smallest absolute Gasteiger partial charge is 0.254 e. The molecular weight excluding hydrogens is 471 g/mol. The van der Waals surface area contributed by atoms with Gasteiger partial charge in [-0.25, -0.2) is 4.39 Å². The van der Waals surface area contributed by atoms with Crippen molar-refractivity contribution < 1.29 is 28.2 Å². The highest BCUT2D eigenvalue weighted by atomic mass is 32.1. The van der Waals surface area contributed by atoms with E-state index in [2.05, 4.69) is 0 Å². The summed E-state index contributed by atoms with van der Waals surface area (Å²) in [4.78, 5) is 31.1. The van der Waals surface area contributed by atoms with Gasteiger partial charge >= 0.3 is 0 Å². The summed E-state index contributed by atoms with van der Waals surface area (Å²) in [5, 5.41) is 1.99. The number of carbonyl (C=O) groups excluding carboxylic acids is 2. The standard InChI is InChI=1S/C26H27FN2O5S/c1-18-9-12-35-24(18)15-29(14-19-3-6-21(27)7-4-19)25(30)16-28(10-11-32-2)26(31)20-5-8-22-23(13-20)34-17-33-22/h3-9,12-13H,10-11,14-17H2,1-2H3. The van der Waals surface area contributed by atoms with Crippen LogP contribution in [0.5, 0.6) is 11.5 Å². The summed E-state index contributed by atoms with van der Waals surface area (Å²) >= 11 is 1.58. The summed E-state index contributed by atoms with van der Waals surface area (Å²) in [7, 11) is 1.55. The normalized spacial score (nSPS) is 12.0. The summed E-state index contributed by atoms with van der Waals surface area (Å²) in [6, 6.07) is 13.1. The minimum Gasteiger partial charge on any atom is -0.454 e. The lowest BCUT2D eigenvalue weighted by Gasteiger charge is -2.28. The van der Waals surface area contributed by atoms with Gasteiger partial charge in [0.05, 0.1) is 13.2 Å². The van der Waals surface area contributed by atoms with Gasteiger partial charge in [0.15, 0.2) is 11.5 Å². The lowest BCUT2D eigenvalue weighted by Crippen LogP contribution is -2.43. The summed E-state index contributed by atoms with van der Waals surface area (Å²) in [6.45, 7) is 3.22. The number of methoxy groups -OCH3 is 1. The molecule has 1 aliphatic heterocycles. The fraction of sp³-hybridized carbons (Fsp3) is 0.308. The fourth-order valence-corrected chi connectivity index (χ4v) is 4.63. The van der Waals surface area contributed by atoms with E-state index in [1.165, 1.54) is 17.0 Å². The number of benzene rings is 2. The lowest BCUT2D eigenvalue weighted by molar-refractivity contribution is -0.133. The third-order valence-electron chi connectivity index (χ3n) is 5.74. The molecule has 0 aliphatic carbocycles. The average Bonchev–Trinajstić information content (AvgIpc) is 3.50. The molecule has 4 rings (SSSR count). The number of halogens is 1. The van der Waals surface area contributed by atoms with Crippen LogP contribution >= 0.6 is 11.3 Å². The number of aryl methyl sites for hydroxylation is 1. The predicted molar refractivity (Wildman–Crippen MR) is 130 cm³/mol. The number of carbonyl (C=O) groups is 2. The third kappa shape index (κ3) is 6.17. The van der Waals surface area contributed by atoms with Crippen LogP contribution < -0.4 is 9.47 Å². The van der Waals surface area contributed by atoms with Crippen molar-refractivity contribution in [3.05, 3.63) is 81.3 Å². The molecule has 0 saturated heterocycles. The highest BCUT2D eigenvalue weighted by molar-refractivity contribution is 7.10. The Morgan fingerprint density at radius 2 is 1.80 bits per heavy atom. The van der Waals surface area contributed by atoms with E-state index in [0.717, 1.165) is 16.0 Å². The molecule has 1 aliphatic rings. The number of nitrogens with zero attached hydrogens (tertiary/aromatic N) is 2. The molecule has 184 valence electrons. The topological polar surface area (TPSA) is 68.3 Å². The molecule has 0 N–H and O–H groups in total. The van der Waals surface area contributed by atoms with Gasteiger partial charge in [0, 0.05) is 30.6 Å². The Labute approximate surface area is 207 Å². The highest BCUT2D eigenvalue weighted by Crippen LogP contribution is 2.32. The van der Waals surface area contributed by atoms with Crippen LogP contribution in [-0.4, -0.2) is 55.2 Å². The van der Waals surface area contributed by atoms with Gasteiger partial charge in [-0.1, -0.05) is 12.1 Å². The second-order valence-electron chi connectivity index (χ2n) is 8.19. The quantitative estimate of drug-likeness (QED) is 0.418. The molecule has 9 heteroatoms. The number of thiophene rings is 1. The molecule has 0 bridgehead atoms. The van der Waals surface area contributed by atoms with Gasteiger partial charge in [-0.2, -0.15) is 0 Å². The van der Waals surface area contributed by atoms with E-state index in [0.29, 0.717) is 30.2 Å². The molecule has 0 fully saturated rings. The fourth-order valence-electron chi connectivity index (χ4n) is 3.71. The number of rotatable bonds is 10. The molecule has 35 heavy (non-hydrogen) atoms. The molecule has 2 amide bonds. The van der Waals surface area contributed by atoms with Crippen molar-refractivity contribution in [2.24, 2.45) is 0 Å². The van der Waals surface area contributed by atoms with Crippen molar-refractivity contribution in [2.75, 3.05) is 33.6 Å². The van der Waals surface area contributed by atoms with Crippen LogP contribution in [0.2, 0.25) is 0 Å². The minimum absolute atomic E-state index is 0.110. The van der Waals surface area contributed by atoms with Crippen molar-refractivity contribution >= 4 is 23.2 Å². The van der Waals surface area contributed by atoms with Crippen LogP contribution in [0.25, 0.3) is 0 Å². The second kappa shape index (κ2) is 11.3. The minimum atomic E-state index is -0.333. The maximum Gasteiger partial charge on any atom is 0.254 e. The van der Waals surface area contributed by atoms with E-state index in [-0.39, 0.29) is 44.1 Å². The SMILES string of the molecule is COCCN(CC(=O)N(Cc1ccc(F)cc1)Cc1sccc1C)C(=O)c1ccc2c(c1)OCO2. The predicted octanol–water partition coefficient (Wildman–Crippen LogP) is 4.24. The molecule has 0 radical (unpaired) electrons. The second-order valence-corrected chi connectivity index (χ2v) is 9.19. The lowest BCUT2D eigenvalue weighted by atomic mass is 10.1. The molecule has 7 nitrogen and oxygen atoms in total. The molecule has 3 aromatic rings. The largest absolute Gasteiger partial charge is 0.454 e. The number of hydrogen-bond acceptors (Lipinski definition) is 6. The van der Waals surface area contributed by atoms with Gasteiger partial charge in [-0.3, -0.25) is 9.59 Å². The summed E-state index contributed by atoms with van der Waals surface area (Å²) in [6.07, 6.45) is 0. The van der Waals surface area contributed by atoms with Crippen molar-refractivity contribution in [2.45, 2.75) is 20.0 Å². The van der Waals surface area contributed by atoms with Crippen LogP contribution in [0.1, 0.15) is 26.4 Å². The molecule has 0 spiro atoms. The first-order chi connectivity index (χ1) is 16.9. The van der Waals surface area contributed by atoms with Crippen LogP contribution in [0.4, 0.5) is 4.39 Å². The Morgan fingerprint density at radius 3 is 2.51 bits per heavy atom. The maximum atomic E-state index is 13.5. The zero-order valence-electron chi connectivity index (χ0n) is 19.7. The van der Waals surface area contributed by atoms with Crippen LogP contribution in [-0.2, 0) is 22.6 Å². The molecule has 2 heterocycles. The van der Waals surface area contributed by atoms with E-state index < -0.39 is 0 Å². The van der Waals surface area contributed by atoms with E-state index in [1.54, 1.807) is 53.7 Å². The first-order valence-corrected chi connectivity index (χ1v) is 12.1. The number of fused-ring (bicyclic) bond motifs is 1. The Balaban J connectivity index is 1.54. The monoisotopic (exact) mass is 498 g/mol. The molecule has 0 saturated carbocycles. The molecule has 2 aromatic carbocycles. The Bertz CT molecular complexity index is 1180. The van der Waals surface area contributed by atoms with Crippen molar-refractivity contribution in [3.8, 4) is 11.5 Å². The Hall–Kier alpha value is -3.43. The summed E-state index contributed by atoms with van der Waals surface area (Å²) in [5.41, 5.74) is 2.30. The highest BCUT2D eigenvalue weighted by Gasteiger charge is 2.25. The maximum absolute atomic E-state index is 13.5. The van der Waals surface area contributed by atoms with Gasteiger partial charge in [0.2, 0.25) is 12.7 Å². The van der Waals surface area contributed by atoms with Gasteiger partial charge in [-0.15, -0.1) is 11.3 Å². The van der Waals surface area contributed by atoms with E-state index in [4.69, 9.17) is 14.2 Å². The first kappa shape index (κ1) is 24.7. The van der Waals surface area contributed by atoms with E-state index in [9.17, 15) is 14.0 Å². The van der Waals surface area contributed by atoms with E-state index in [1.807, 2.05) is 18.4 Å². The van der Waals surface area contributed by atoms with Crippen LogP contribution in [0.3, 0.4) is 0 Å². The molecular formula is C26H27FN2O5S. The van der Waals surface area contributed by atoms with Crippen molar-refractivity contribution in [1.29, 1.82) is 0 Å². The van der Waals surface area contributed by atoms with Gasteiger partial charge in [-0.05, 0) is 59.8 Å². The van der Waals surface area contributed by atoms with Crippen LogP contribution in [0, 0.1) is 12.7 Å². The number of ether oxygens (including phenoxy) is 3. The summed E-state index contributed by atoms with van der Waals surface area (Å²) in [5.74, 6) is 0.230. The zero-order chi connectivity index (χ0) is 24.8. The van der Waals surface area contributed by atoms with Gasteiger partial charge in [0.25, 0.3) is 5.91 Å². The van der Waals surface area contributed by atoms with E-state index >= 15 is 0 Å². The average molecular weight is 499 g/mol. The van der Waals surface area contributed by atoms with Crippen molar-refractivity contribution in [1.82, 2.24) is 9.80 Å². The zero-order valence-corrected chi connectivity index (χ0v) is 20.5. The van der Waals surface area contributed by atoms with Crippen LogP contribution in [0.15, 0.2) is 53.9 Å². The molecule has 1 aromatic heterocycles. The Kier molecular flexibility index (Phi) is 7.99. The summed E-state index contributed by atoms with van der Waals surface area (Å²) < 4.78 is 29.3. The van der Waals surface area contributed by atoms with Gasteiger partial charge in [0.1, 0.15) is 12.4 Å². The number of amides is 2. The molecule has 0 atom stereocenters. The Morgan fingerprint density at radius 1 is 1.03 bits per heavy atom. The number of hydrogen-bond donors (Lipinski definition) is 0. The van der Waals surface area contributed by atoms with Gasteiger partial charge < -0.3 is 24.0 Å². The first-order valence-electron chi connectivity index (χ1n) is 11.2. The molecule has 0 unspecified atom stereocenters.